The zero-order chi connectivity index (χ0) is 26.1. The Bertz CT molecular complexity index is 1660. The van der Waals surface area contributed by atoms with E-state index in [1.807, 2.05) is 37.3 Å². The number of aryl methyl sites for hydroxylation is 1. The Morgan fingerprint density at radius 2 is 1.81 bits per heavy atom. The van der Waals surface area contributed by atoms with Gasteiger partial charge in [-0.1, -0.05) is 44.2 Å². The van der Waals surface area contributed by atoms with Gasteiger partial charge in [-0.15, -0.1) is 0 Å². The summed E-state index contributed by atoms with van der Waals surface area (Å²) in [6, 6.07) is 19.2. The van der Waals surface area contributed by atoms with Gasteiger partial charge in [0, 0.05) is 40.4 Å². The third kappa shape index (κ3) is 3.75. The SMILES string of the molecule is Cc1cc(-c2ccc(C3Nc4ccc5ccccc5c4C4=C3C(=O)CC(C)(C)C4)o2)c(C)c([N+](=O)[O-])c1. The molecule has 1 aliphatic heterocycles. The molecule has 6 heteroatoms. The maximum absolute atomic E-state index is 13.7. The summed E-state index contributed by atoms with van der Waals surface area (Å²) in [5.41, 5.74) is 5.88. The van der Waals surface area contributed by atoms with Crippen molar-refractivity contribution in [3.8, 4) is 11.3 Å². The van der Waals surface area contributed by atoms with E-state index >= 15 is 0 Å². The number of rotatable bonds is 3. The Hall–Kier alpha value is -4.19. The highest BCUT2D eigenvalue weighted by molar-refractivity contribution is 6.12. The third-order valence-electron chi connectivity index (χ3n) is 7.64. The van der Waals surface area contributed by atoms with Gasteiger partial charge in [-0.2, -0.15) is 0 Å². The van der Waals surface area contributed by atoms with E-state index in [1.54, 1.807) is 13.0 Å². The van der Waals surface area contributed by atoms with Crippen LogP contribution in [0.3, 0.4) is 0 Å². The average molecular weight is 493 g/mol. The first-order chi connectivity index (χ1) is 17.6. The normalized spacial score (nSPS) is 18.4. The summed E-state index contributed by atoms with van der Waals surface area (Å²) in [5.74, 6) is 1.30. The lowest BCUT2D eigenvalue weighted by Gasteiger charge is -2.39. The van der Waals surface area contributed by atoms with Crippen molar-refractivity contribution in [3.63, 3.8) is 0 Å². The number of furan rings is 1. The van der Waals surface area contributed by atoms with Crippen LogP contribution < -0.4 is 5.32 Å². The van der Waals surface area contributed by atoms with E-state index in [9.17, 15) is 14.9 Å². The number of anilines is 1. The van der Waals surface area contributed by atoms with Crippen molar-refractivity contribution in [1.82, 2.24) is 0 Å². The van der Waals surface area contributed by atoms with Gasteiger partial charge in [-0.05, 0) is 71.9 Å². The minimum Gasteiger partial charge on any atom is -0.459 e. The number of carbonyl (C=O) groups is 1. The Balaban J connectivity index is 1.52. The van der Waals surface area contributed by atoms with Crippen LogP contribution in [0.2, 0.25) is 0 Å². The molecule has 0 fully saturated rings. The Kier molecular flexibility index (Phi) is 5.13. The first-order valence-electron chi connectivity index (χ1n) is 12.5. The molecule has 4 aromatic rings. The lowest BCUT2D eigenvalue weighted by atomic mass is 9.68. The van der Waals surface area contributed by atoms with Crippen LogP contribution >= 0.6 is 0 Å². The quantitative estimate of drug-likeness (QED) is 0.232. The molecule has 37 heavy (non-hydrogen) atoms. The summed E-state index contributed by atoms with van der Waals surface area (Å²) < 4.78 is 6.36. The maximum Gasteiger partial charge on any atom is 0.273 e. The minimum atomic E-state index is -0.430. The second-order valence-electron chi connectivity index (χ2n) is 11.0. The second kappa shape index (κ2) is 8.17. The Labute approximate surface area is 215 Å². The molecule has 0 saturated heterocycles. The fraction of sp³-hybridized carbons (Fsp3) is 0.258. The van der Waals surface area contributed by atoms with Gasteiger partial charge < -0.3 is 9.73 Å². The number of hydrogen-bond donors (Lipinski definition) is 1. The molecule has 2 aliphatic rings. The fourth-order valence-corrected chi connectivity index (χ4v) is 5.99. The van der Waals surface area contributed by atoms with Crippen LogP contribution in [0.25, 0.3) is 27.7 Å². The van der Waals surface area contributed by atoms with E-state index in [2.05, 4.69) is 43.4 Å². The van der Waals surface area contributed by atoms with Gasteiger partial charge in [-0.25, -0.2) is 0 Å². The van der Waals surface area contributed by atoms with Crippen molar-refractivity contribution in [2.45, 2.75) is 46.6 Å². The molecule has 1 aromatic heterocycles. The van der Waals surface area contributed by atoms with Gasteiger partial charge in [0.25, 0.3) is 5.69 Å². The number of hydrogen-bond acceptors (Lipinski definition) is 5. The van der Waals surface area contributed by atoms with E-state index in [4.69, 9.17) is 4.42 Å². The third-order valence-corrected chi connectivity index (χ3v) is 7.64. The number of ketones is 1. The monoisotopic (exact) mass is 492 g/mol. The van der Waals surface area contributed by atoms with E-state index in [-0.39, 0.29) is 21.8 Å². The van der Waals surface area contributed by atoms with Gasteiger partial charge in [0.15, 0.2) is 5.78 Å². The summed E-state index contributed by atoms with van der Waals surface area (Å²) in [4.78, 5) is 24.9. The predicted octanol–water partition coefficient (Wildman–Crippen LogP) is 7.93. The lowest BCUT2D eigenvalue weighted by Crippen LogP contribution is -2.33. The zero-order valence-corrected chi connectivity index (χ0v) is 21.3. The van der Waals surface area contributed by atoms with Crippen LogP contribution in [0.4, 0.5) is 11.4 Å². The van der Waals surface area contributed by atoms with Crippen LogP contribution in [-0.2, 0) is 4.79 Å². The van der Waals surface area contributed by atoms with E-state index in [1.165, 1.54) is 0 Å². The van der Waals surface area contributed by atoms with Crippen molar-refractivity contribution in [1.29, 1.82) is 0 Å². The molecule has 186 valence electrons. The van der Waals surface area contributed by atoms with Gasteiger partial charge in [0.1, 0.15) is 17.6 Å². The molecule has 6 nitrogen and oxygen atoms in total. The molecule has 0 saturated carbocycles. The number of fused-ring (bicyclic) bond motifs is 4. The van der Waals surface area contributed by atoms with Crippen LogP contribution in [0.1, 0.15) is 55.2 Å². The molecule has 1 atom stereocenters. The van der Waals surface area contributed by atoms with Gasteiger partial charge >= 0.3 is 0 Å². The summed E-state index contributed by atoms with van der Waals surface area (Å²) in [5, 5.41) is 17.5. The molecular weight excluding hydrogens is 464 g/mol. The highest BCUT2D eigenvalue weighted by atomic mass is 16.6. The second-order valence-corrected chi connectivity index (χ2v) is 11.0. The maximum atomic E-state index is 13.7. The Morgan fingerprint density at radius 1 is 1.03 bits per heavy atom. The molecule has 2 heterocycles. The van der Waals surface area contributed by atoms with Crippen LogP contribution in [-0.4, -0.2) is 10.7 Å². The highest BCUT2D eigenvalue weighted by Crippen LogP contribution is 2.52. The number of carbonyl (C=O) groups excluding carboxylic acids is 1. The van der Waals surface area contributed by atoms with Crippen molar-refractivity contribution in [2.75, 3.05) is 5.32 Å². The van der Waals surface area contributed by atoms with Gasteiger partial charge in [0.05, 0.1) is 4.92 Å². The number of nitro groups is 1. The molecule has 1 unspecified atom stereocenters. The zero-order valence-electron chi connectivity index (χ0n) is 21.3. The van der Waals surface area contributed by atoms with Gasteiger partial charge in [0.2, 0.25) is 0 Å². The van der Waals surface area contributed by atoms with Gasteiger partial charge in [-0.3, -0.25) is 14.9 Å². The number of nitro benzene ring substituents is 1. The van der Waals surface area contributed by atoms with E-state index < -0.39 is 6.04 Å². The van der Waals surface area contributed by atoms with E-state index in [0.29, 0.717) is 29.1 Å². The lowest BCUT2D eigenvalue weighted by molar-refractivity contribution is -0.385. The van der Waals surface area contributed by atoms with Crippen LogP contribution in [0, 0.1) is 29.4 Å². The van der Waals surface area contributed by atoms with Crippen molar-refractivity contribution in [3.05, 3.63) is 98.8 Å². The number of nitrogens with one attached hydrogen (secondary N) is 1. The number of benzene rings is 3. The molecule has 1 aliphatic carbocycles. The standard InChI is InChI=1S/C31H28N2O4/c1-17-13-21(18(2)24(14-17)33(35)36)26-11-12-27(37-26)30-29-22(15-31(3,4)16-25(29)34)28-20-8-6-5-7-19(20)9-10-23(28)32-30/h5-14,30,32H,15-16H2,1-4H3. The highest BCUT2D eigenvalue weighted by Gasteiger charge is 2.41. The summed E-state index contributed by atoms with van der Waals surface area (Å²) in [7, 11) is 0. The molecule has 0 spiro atoms. The first kappa shape index (κ1) is 23.2. The summed E-state index contributed by atoms with van der Waals surface area (Å²) >= 11 is 0. The fourth-order valence-electron chi connectivity index (χ4n) is 5.99. The largest absolute Gasteiger partial charge is 0.459 e. The number of allylic oxidation sites excluding steroid dienone is 1. The van der Waals surface area contributed by atoms with Crippen molar-refractivity contribution < 1.29 is 14.1 Å². The predicted molar refractivity (Wildman–Crippen MR) is 146 cm³/mol. The molecule has 1 N–H and O–H groups in total. The average Bonchev–Trinajstić information content (AvgIpc) is 3.33. The molecule has 3 aromatic carbocycles. The number of nitrogens with zero attached hydrogens (tertiary/aromatic N) is 1. The topological polar surface area (TPSA) is 85.4 Å². The first-order valence-corrected chi connectivity index (χ1v) is 12.5. The minimum absolute atomic E-state index is 0.0687. The van der Waals surface area contributed by atoms with Crippen molar-refractivity contribution >= 4 is 33.5 Å². The summed E-state index contributed by atoms with van der Waals surface area (Å²) in [6.07, 6.45) is 1.27. The molecule has 6 rings (SSSR count). The van der Waals surface area contributed by atoms with Crippen molar-refractivity contribution in [2.24, 2.45) is 5.41 Å². The summed E-state index contributed by atoms with van der Waals surface area (Å²) in [6.45, 7) is 7.87. The molecule has 0 radical (unpaired) electrons. The molecular formula is C31H28N2O4. The Morgan fingerprint density at radius 3 is 2.59 bits per heavy atom. The molecule has 0 amide bonds. The number of Topliss-reactive ketones (excluding diaryl/α,β-unsaturated/α-hetero) is 1. The van der Waals surface area contributed by atoms with Crippen LogP contribution in [0.5, 0.6) is 0 Å². The molecule has 0 bridgehead atoms. The van der Waals surface area contributed by atoms with Crippen LogP contribution in [0.15, 0.2) is 70.7 Å². The van der Waals surface area contributed by atoms with E-state index in [0.717, 1.165) is 45.2 Å². The smallest absolute Gasteiger partial charge is 0.273 e.